The molecule has 2 rings (SSSR count). The molecule has 0 bridgehead atoms. The molecular weight excluding hydrogens is 286 g/mol. The first-order chi connectivity index (χ1) is 10.7. The molecule has 0 saturated carbocycles. The third-order valence-corrected chi connectivity index (χ3v) is 2.88. The monoisotopic (exact) mass is 303 g/mol. The number of benzene rings is 1. The first-order valence-electron chi connectivity index (χ1n) is 6.84. The van der Waals surface area contributed by atoms with Crippen molar-refractivity contribution in [1.82, 2.24) is 25.4 Å². The van der Waals surface area contributed by atoms with E-state index in [1.54, 1.807) is 4.68 Å². The number of carbonyl (C=O) groups is 2. The number of aromatic nitrogens is 3. The Bertz CT molecular complexity index is 626. The maximum absolute atomic E-state index is 11.6. The molecule has 1 aromatic carbocycles. The minimum Gasteiger partial charge on any atom is -0.481 e. The number of para-hydroxylation sites is 1. The van der Waals surface area contributed by atoms with Gasteiger partial charge in [0, 0.05) is 13.0 Å². The van der Waals surface area contributed by atoms with Gasteiger partial charge in [0.1, 0.15) is 6.33 Å². The quantitative estimate of drug-likeness (QED) is 0.659. The lowest BCUT2D eigenvalue weighted by atomic mass is 10.3. The van der Waals surface area contributed by atoms with E-state index >= 15 is 0 Å². The number of nitrogens with one attached hydrogen (secondary N) is 2. The summed E-state index contributed by atoms with van der Waals surface area (Å²) in [5.41, 5.74) is 0.860. The third-order valence-electron chi connectivity index (χ3n) is 2.88. The highest BCUT2D eigenvalue weighted by molar-refractivity contribution is 5.73. The van der Waals surface area contributed by atoms with E-state index in [2.05, 4.69) is 20.7 Å². The maximum atomic E-state index is 11.6. The van der Waals surface area contributed by atoms with Crippen LogP contribution in [-0.2, 0) is 11.3 Å². The fourth-order valence-electron chi connectivity index (χ4n) is 1.83. The van der Waals surface area contributed by atoms with Gasteiger partial charge >= 0.3 is 12.0 Å². The maximum Gasteiger partial charge on any atom is 0.315 e. The van der Waals surface area contributed by atoms with Gasteiger partial charge in [0.2, 0.25) is 0 Å². The summed E-state index contributed by atoms with van der Waals surface area (Å²) in [5, 5.41) is 17.9. The average molecular weight is 303 g/mol. The van der Waals surface area contributed by atoms with Crippen molar-refractivity contribution in [2.45, 2.75) is 19.4 Å². The normalized spacial score (nSPS) is 10.2. The predicted molar refractivity (Wildman–Crippen MR) is 78.5 cm³/mol. The van der Waals surface area contributed by atoms with Crippen LogP contribution in [0.3, 0.4) is 0 Å². The highest BCUT2D eigenvalue weighted by Crippen LogP contribution is 2.07. The Morgan fingerprint density at radius 3 is 2.68 bits per heavy atom. The van der Waals surface area contributed by atoms with Crippen LogP contribution in [0.1, 0.15) is 18.7 Å². The molecule has 1 heterocycles. The summed E-state index contributed by atoms with van der Waals surface area (Å²) in [6, 6.07) is 9.11. The highest BCUT2D eigenvalue weighted by Gasteiger charge is 2.08. The minimum absolute atomic E-state index is 0.0304. The Labute approximate surface area is 127 Å². The van der Waals surface area contributed by atoms with E-state index in [9.17, 15) is 9.59 Å². The van der Waals surface area contributed by atoms with Gasteiger partial charge in [0.05, 0.1) is 12.2 Å². The molecule has 2 aromatic rings. The van der Waals surface area contributed by atoms with Gasteiger partial charge < -0.3 is 15.7 Å². The van der Waals surface area contributed by atoms with Crippen LogP contribution in [0.25, 0.3) is 5.69 Å². The molecule has 0 aliphatic heterocycles. The van der Waals surface area contributed by atoms with Gasteiger partial charge in [-0.3, -0.25) is 4.79 Å². The van der Waals surface area contributed by atoms with Crippen molar-refractivity contribution in [2.24, 2.45) is 0 Å². The smallest absolute Gasteiger partial charge is 0.315 e. The summed E-state index contributed by atoms with van der Waals surface area (Å²) in [6.07, 6.45) is 1.85. The molecule has 1 aromatic heterocycles. The zero-order valence-electron chi connectivity index (χ0n) is 11.9. The molecule has 0 aliphatic carbocycles. The lowest BCUT2D eigenvalue weighted by Crippen LogP contribution is -2.36. The largest absolute Gasteiger partial charge is 0.481 e. The van der Waals surface area contributed by atoms with Crippen LogP contribution in [0.15, 0.2) is 36.7 Å². The van der Waals surface area contributed by atoms with Crippen LogP contribution >= 0.6 is 0 Å². The van der Waals surface area contributed by atoms with E-state index in [0.717, 1.165) is 5.69 Å². The number of urea groups is 1. The lowest BCUT2D eigenvalue weighted by Gasteiger charge is -2.08. The molecule has 2 amide bonds. The van der Waals surface area contributed by atoms with E-state index < -0.39 is 5.97 Å². The molecule has 0 atom stereocenters. The first-order valence-corrected chi connectivity index (χ1v) is 6.84. The molecular formula is C14H17N5O3. The number of carboxylic acids is 1. The summed E-state index contributed by atoms with van der Waals surface area (Å²) in [5.74, 6) is -0.273. The van der Waals surface area contributed by atoms with E-state index in [0.29, 0.717) is 18.8 Å². The number of rotatable bonds is 7. The predicted octanol–water partition coefficient (Wildman–Crippen LogP) is 0.931. The van der Waals surface area contributed by atoms with Gasteiger partial charge in [-0.1, -0.05) is 18.2 Å². The van der Waals surface area contributed by atoms with Gasteiger partial charge in [-0.15, -0.1) is 0 Å². The Balaban J connectivity index is 1.81. The van der Waals surface area contributed by atoms with E-state index in [1.165, 1.54) is 6.33 Å². The number of hydrogen-bond acceptors (Lipinski definition) is 4. The Hall–Kier alpha value is -2.90. The van der Waals surface area contributed by atoms with Crippen molar-refractivity contribution in [2.75, 3.05) is 6.54 Å². The highest BCUT2D eigenvalue weighted by atomic mass is 16.4. The molecule has 8 heteroatoms. The summed E-state index contributed by atoms with van der Waals surface area (Å²) in [6.45, 7) is 0.531. The van der Waals surface area contributed by atoms with Crippen LogP contribution in [0.4, 0.5) is 4.79 Å². The summed E-state index contributed by atoms with van der Waals surface area (Å²) >= 11 is 0. The van der Waals surface area contributed by atoms with E-state index in [1.807, 2.05) is 30.3 Å². The van der Waals surface area contributed by atoms with Crippen molar-refractivity contribution >= 4 is 12.0 Å². The topological polar surface area (TPSA) is 109 Å². The second kappa shape index (κ2) is 7.77. The zero-order valence-corrected chi connectivity index (χ0v) is 11.9. The third kappa shape index (κ3) is 4.58. The Morgan fingerprint density at radius 2 is 1.95 bits per heavy atom. The van der Waals surface area contributed by atoms with Gasteiger partial charge in [0.15, 0.2) is 5.82 Å². The Morgan fingerprint density at radius 1 is 1.18 bits per heavy atom. The van der Waals surface area contributed by atoms with Crippen molar-refractivity contribution in [3.63, 3.8) is 0 Å². The number of hydrogen-bond donors (Lipinski definition) is 3. The van der Waals surface area contributed by atoms with Crippen molar-refractivity contribution in [3.8, 4) is 5.69 Å². The number of carboxylic acid groups (broad SMARTS) is 1. The zero-order chi connectivity index (χ0) is 15.8. The lowest BCUT2D eigenvalue weighted by molar-refractivity contribution is -0.137. The van der Waals surface area contributed by atoms with E-state index in [4.69, 9.17) is 5.11 Å². The minimum atomic E-state index is -0.877. The van der Waals surface area contributed by atoms with Gasteiger partial charge in [-0.05, 0) is 18.6 Å². The van der Waals surface area contributed by atoms with Gasteiger partial charge in [-0.25, -0.2) is 14.5 Å². The number of carbonyl (C=O) groups excluding carboxylic acids is 1. The standard InChI is InChI=1S/C14H17N5O3/c20-13(21)7-4-8-15-14(22)16-9-12-17-10-18-19(12)11-5-2-1-3-6-11/h1-3,5-6,10H,4,7-9H2,(H,20,21)(H2,15,16,22). The molecule has 0 radical (unpaired) electrons. The number of amides is 2. The molecule has 116 valence electrons. The molecule has 22 heavy (non-hydrogen) atoms. The summed E-state index contributed by atoms with van der Waals surface area (Å²) in [7, 11) is 0. The van der Waals surface area contributed by atoms with Crippen LogP contribution in [0, 0.1) is 0 Å². The fraction of sp³-hybridized carbons (Fsp3) is 0.286. The molecule has 0 aliphatic rings. The summed E-state index contributed by atoms with van der Waals surface area (Å²) in [4.78, 5) is 26.1. The van der Waals surface area contributed by atoms with Gasteiger partial charge in [-0.2, -0.15) is 5.10 Å². The molecule has 0 unspecified atom stereocenters. The number of aliphatic carboxylic acids is 1. The van der Waals surface area contributed by atoms with Crippen molar-refractivity contribution in [3.05, 3.63) is 42.5 Å². The molecule has 0 fully saturated rings. The second-order valence-electron chi connectivity index (χ2n) is 4.53. The van der Waals surface area contributed by atoms with Crippen LogP contribution in [0.5, 0.6) is 0 Å². The molecule has 3 N–H and O–H groups in total. The summed E-state index contributed by atoms with van der Waals surface area (Å²) < 4.78 is 1.64. The van der Waals surface area contributed by atoms with Crippen molar-refractivity contribution in [1.29, 1.82) is 0 Å². The van der Waals surface area contributed by atoms with E-state index in [-0.39, 0.29) is 19.0 Å². The van der Waals surface area contributed by atoms with Crippen molar-refractivity contribution < 1.29 is 14.7 Å². The average Bonchev–Trinajstić information content (AvgIpc) is 2.99. The van der Waals surface area contributed by atoms with Crippen LogP contribution in [-0.4, -0.2) is 38.4 Å². The Kier molecular flexibility index (Phi) is 5.47. The molecule has 8 nitrogen and oxygen atoms in total. The van der Waals surface area contributed by atoms with Crippen LogP contribution < -0.4 is 10.6 Å². The first kappa shape index (κ1) is 15.5. The SMILES string of the molecule is O=C(O)CCCNC(=O)NCc1ncnn1-c1ccccc1. The van der Waals surface area contributed by atoms with Gasteiger partial charge in [0.25, 0.3) is 0 Å². The molecule has 0 spiro atoms. The number of nitrogens with zero attached hydrogens (tertiary/aromatic N) is 3. The second-order valence-corrected chi connectivity index (χ2v) is 4.53. The van der Waals surface area contributed by atoms with Crippen LogP contribution in [0.2, 0.25) is 0 Å². The molecule has 0 saturated heterocycles. The fourth-order valence-corrected chi connectivity index (χ4v) is 1.83.